The van der Waals surface area contributed by atoms with E-state index in [1.165, 1.54) is 44.5 Å². The minimum Gasteiger partial charge on any atom is -0.495 e. The number of ketones is 1. The molecule has 0 radical (unpaired) electrons. The fourth-order valence-electron chi connectivity index (χ4n) is 4.40. The lowest BCUT2D eigenvalue weighted by atomic mass is 10.1. The highest BCUT2D eigenvalue weighted by molar-refractivity contribution is 7.92. The number of methoxy groups -OCH3 is 1. The Kier molecular flexibility index (Phi) is 7.41. The van der Waals surface area contributed by atoms with Crippen LogP contribution in [0.3, 0.4) is 0 Å². The fourth-order valence-corrected chi connectivity index (χ4v) is 5.51. The number of nitrogens with zero attached hydrogens (tertiary/aromatic N) is 2. The first-order chi connectivity index (χ1) is 19.7. The second-order valence-electron chi connectivity index (χ2n) is 9.09. The Labute approximate surface area is 236 Å². The summed E-state index contributed by atoms with van der Waals surface area (Å²) in [5, 5.41) is 12.1. The molecule has 5 aromatic rings. The third-order valence-electron chi connectivity index (χ3n) is 6.44. The van der Waals surface area contributed by atoms with Crippen LogP contribution in [-0.4, -0.2) is 37.2 Å². The lowest BCUT2D eigenvalue weighted by Gasteiger charge is -2.15. The van der Waals surface area contributed by atoms with Crippen molar-refractivity contribution < 1.29 is 23.1 Å². The molecule has 206 valence electrons. The third kappa shape index (κ3) is 5.45. The van der Waals surface area contributed by atoms with E-state index in [0.717, 1.165) is 4.57 Å². The van der Waals surface area contributed by atoms with Gasteiger partial charge in [0, 0.05) is 22.6 Å². The first-order valence-electron chi connectivity index (χ1n) is 12.5. The van der Waals surface area contributed by atoms with E-state index in [1.54, 1.807) is 72.8 Å². The SMILES string of the molecule is COc1ccccc1NS(=O)(=O)c1cccc(-n2c(O)c(C=Nc3cccc(C(C)=O)c3)c3ccccc3c2=O)c1. The number of hydrogen-bond donors (Lipinski definition) is 2. The normalized spacial score (nSPS) is 11.6. The van der Waals surface area contributed by atoms with Crippen molar-refractivity contribution in [3.63, 3.8) is 0 Å². The van der Waals surface area contributed by atoms with Crippen molar-refractivity contribution >= 4 is 44.2 Å². The molecule has 0 aliphatic carbocycles. The van der Waals surface area contributed by atoms with Crippen LogP contribution >= 0.6 is 0 Å². The van der Waals surface area contributed by atoms with Gasteiger partial charge in [0.1, 0.15) is 5.75 Å². The van der Waals surface area contributed by atoms with E-state index >= 15 is 0 Å². The number of benzene rings is 4. The zero-order chi connectivity index (χ0) is 29.1. The Balaban J connectivity index is 1.63. The molecule has 0 aliphatic rings. The number of hydrogen-bond acceptors (Lipinski definition) is 7. The monoisotopic (exact) mass is 567 g/mol. The van der Waals surface area contributed by atoms with Crippen LogP contribution in [-0.2, 0) is 10.0 Å². The number of aromatic hydroxyl groups is 1. The molecule has 1 aromatic heterocycles. The summed E-state index contributed by atoms with van der Waals surface area (Å²) >= 11 is 0. The lowest BCUT2D eigenvalue weighted by molar-refractivity contribution is 0.101. The first kappa shape index (κ1) is 27.4. The molecule has 0 atom stereocenters. The van der Waals surface area contributed by atoms with Crippen LogP contribution in [0.4, 0.5) is 11.4 Å². The van der Waals surface area contributed by atoms with Crippen LogP contribution in [0, 0.1) is 0 Å². The average Bonchev–Trinajstić information content (AvgIpc) is 2.97. The molecular formula is C31H25N3O6S. The number of carbonyl (C=O) groups is 1. The number of nitrogens with one attached hydrogen (secondary N) is 1. The van der Waals surface area contributed by atoms with Gasteiger partial charge in [-0.1, -0.05) is 48.5 Å². The maximum Gasteiger partial charge on any atom is 0.265 e. The number of Topliss-reactive ketones (excluding diaryl/α,β-unsaturated/α-hetero) is 1. The van der Waals surface area contributed by atoms with Crippen molar-refractivity contribution in [2.75, 3.05) is 11.8 Å². The van der Waals surface area contributed by atoms with E-state index in [9.17, 15) is 23.1 Å². The Morgan fingerprint density at radius 3 is 2.39 bits per heavy atom. The summed E-state index contributed by atoms with van der Waals surface area (Å²) in [5.74, 6) is -0.195. The summed E-state index contributed by atoms with van der Waals surface area (Å²) in [6.07, 6.45) is 1.41. The molecule has 0 aliphatic heterocycles. The quantitative estimate of drug-likeness (QED) is 0.189. The van der Waals surface area contributed by atoms with E-state index in [2.05, 4.69) is 9.71 Å². The number of rotatable bonds is 8. The number of fused-ring (bicyclic) bond motifs is 1. The summed E-state index contributed by atoms with van der Waals surface area (Å²) in [4.78, 5) is 29.7. The number of aromatic nitrogens is 1. The van der Waals surface area contributed by atoms with Gasteiger partial charge < -0.3 is 9.84 Å². The molecule has 0 saturated carbocycles. The highest BCUT2D eigenvalue weighted by Gasteiger charge is 2.20. The van der Waals surface area contributed by atoms with Gasteiger partial charge in [-0.15, -0.1) is 0 Å². The van der Waals surface area contributed by atoms with E-state index in [0.29, 0.717) is 27.8 Å². The zero-order valence-corrected chi connectivity index (χ0v) is 22.9. The van der Waals surface area contributed by atoms with Crippen molar-refractivity contribution in [1.82, 2.24) is 4.57 Å². The second kappa shape index (κ2) is 11.1. The maximum atomic E-state index is 13.6. The van der Waals surface area contributed by atoms with Crippen LogP contribution in [0.15, 0.2) is 112 Å². The topological polar surface area (TPSA) is 127 Å². The first-order valence-corrected chi connectivity index (χ1v) is 14.0. The molecule has 4 aromatic carbocycles. The van der Waals surface area contributed by atoms with Crippen LogP contribution in [0.25, 0.3) is 16.5 Å². The molecule has 41 heavy (non-hydrogen) atoms. The molecule has 2 N–H and O–H groups in total. The molecule has 9 nitrogen and oxygen atoms in total. The molecule has 0 spiro atoms. The van der Waals surface area contributed by atoms with Crippen molar-refractivity contribution in [2.45, 2.75) is 11.8 Å². The Bertz CT molecular complexity index is 2000. The Hall–Kier alpha value is -5.22. The summed E-state index contributed by atoms with van der Waals surface area (Å²) in [7, 11) is -2.66. The molecule has 5 rings (SSSR count). The average molecular weight is 568 g/mol. The maximum absolute atomic E-state index is 13.6. The van der Waals surface area contributed by atoms with Gasteiger partial charge >= 0.3 is 0 Å². The minimum absolute atomic E-state index is 0.112. The molecule has 1 heterocycles. The van der Waals surface area contributed by atoms with Crippen LogP contribution in [0.1, 0.15) is 22.8 Å². The van der Waals surface area contributed by atoms with Gasteiger partial charge in [-0.3, -0.25) is 19.3 Å². The fraction of sp³-hybridized carbons (Fsp3) is 0.0645. The molecule has 0 fully saturated rings. The summed E-state index contributed by atoms with van der Waals surface area (Å²) < 4.78 is 35.3. The Morgan fingerprint density at radius 1 is 0.927 bits per heavy atom. The van der Waals surface area contributed by atoms with E-state index < -0.39 is 21.5 Å². The minimum atomic E-state index is -4.09. The lowest BCUT2D eigenvalue weighted by Crippen LogP contribution is -2.21. The van der Waals surface area contributed by atoms with E-state index in [1.807, 2.05) is 0 Å². The number of sulfonamides is 1. The highest BCUT2D eigenvalue weighted by Crippen LogP contribution is 2.29. The number of anilines is 1. The molecule has 0 bridgehead atoms. The van der Waals surface area contributed by atoms with Crippen molar-refractivity contribution in [1.29, 1.82) is 0 Å². The van der Waals surface area contributed by atoms with Gasteiger partial charge in [-0.2, -0.15) is 0 Å². The van der Waals surface area contributed by atoms with Gasteiger partial charge in [-0.05, 0) is 55.5 Å². The van der Waals surface area contributed by atoms with Crippen molar-refractivity contribution in [2.24, 2.45) is 4.99 Å². The van der Waals surface area contributed by atoms with Crippen molar-refractivity contribution in [3.8, 4) is 17.3 Å². The Morgan fingerprint density at radius 2 is 1.63 bits per heavy atom. The van der Waals surface area contributed by atoms with E-state index in [4.69, 9.17) is 4.74 Å². The van der Waals surface area contributed by atoms with Gasteiger partial charge in [0.25, 0.3) is 15.6 Å². The number of pyridine rings is 1. The van der Waals surface area contributed by atoms with Gasteiger partial charge in [0.2, 0.25) is 5.88 Å². The number of carbonyl (C=O) groups excluding carboxylic acids is 1. The second-order valence-corrected chi connectivity index (χ2v) is 10.8. The van der Waals surface area contributed by atoms with Crippen LogP contribution < -0.4 is 15.0 Å². The van der Waals surface area contributed by atoms with Crippen LogP contribution in [0.2, 0.25) is 0 Å². The summed E-state index contributed by atoms with van der Waals surface area (Å²) in [6.45, 7) is 1.46. The standard InChI is InChI=1S/C31H25N3O6S/c1-20(35)21-9-7-10-22(17-21)32-19-27-25-13-3-4-14-26(25)30(36)34(31(27)37)23-11-8-12-24(18-23)41(38,39)33-28-15-5-6-16-29(28)40-2/h3-19,33,37H,1-2H3. The smallest absolute Gasteiger partial charge is 0.265 e. The zero-order valence-electron chi connectivity index (χ0n) is 22.1. The predicted octanol–water partition coefficient (Wildman–Crippen LogP) is 5.46. The van der Waals surface area contributed by atoms with Gasteiger partial charge in [-0.25, -0.2) is 13.0 Å². The molecule has 0 unspecified atom stereocenters. The number of ether oxygens (including phenoxy) is 1. The van der Waals surface area contributed by atoms with Crippen molar-refractivity contribution in [3.05, 3.63) is 119 Å². The molecule has 0 saturated heterocycles. The third-order valence-corrected chi connectivity index (χ3v) is 7.80. The molecule has 10 heteroatoms. The van der Waals surface area contributed by atoms with Crippen LogP contribution in [0.5, 0.6) is 11.6 Å². The van der Waals surface area contributed by atoms with Gasteiger partial charge in [0.05, 0.1) is 34.6 Å². The molecular weight excluding hydrogens is 542 g/mol. The van der Waals surface area contributed by atoms with E-state index in [-0.39, 0.29) is 27.6 Å². The predicted molar refractivity (Wildman–Crippen MR) is 159 cm³/mol. The highest BCUT2D eigenvalue weighted by atomic mass is 32.2. The largest absolute Gasteiger partial charge is 0.495 e. The molecule has 0 amide bonds. The summed E-state index contributed by atoms with van der Waals surface area (Å²) in [6, 6.07) is 25.7. The van der Waals surface area contributed by atoms with Gasteiger partial charge in [0.15, 0.2) is 5.78 Å². The number of aliphatic imine (C=N–C) groups is 1. The number of para-hydroxylation sites is 2. The summed E-state index contributed by atoms with van der Waals surface area (Å²) in [5.41, 5.74) is 1.05.